The van der Waals surface area contributed by atoms with Gasteiger partial charge in [0, 0.05) is 48.9 Å². The molecule has 0 bridgehead atoms. The highest BCUT2D eigenvalue weighted by molar-refractivity contribution is 5.82. The van der Waals surface area contributed by atoms with Gasteiger partial charge in [0.05, 0.1) is 5.69 Å². The third-order valence-electron chi connectivity index (χ3n) is 5.05. The number of carbonyl (C=O) groups is 1. The molecule has 1 aliphatic heterocycles. The Hall–Kier alpha value is -2.50. The number of nitrogens with zero attached hydrogens (tertiary/aromatic N) is 3. The SMILES string of the molecule is C[C@@H]1C[C@H]1C(=O)N1CC[C@H](c2nc(-c3ccncc3)cc(=O)[nH]2)C1. The number of H-pyrrole nitrogens is 1. The van der Waals surface area contributed by atoms with Crippen LogP contribution in [-0.2, 0) is 4.79 Å². The minimum absolute atomic E-state index is 0.0949. The molecule has 2 aromatic heterocycles. The Morgan fingerprint density at radius 2 is 2.08 bits per heavy atom. The van der Waals surface area contributed by atoms with E-state index in [4.69, 9.17) is 0 Å². The molecule has 2 fully saturated rings. The lowest BCUT2D eigenvalue weighted by Gasteiger charge is -2.16. The maximum atomic E-state index is 12.4. The fraction of sp³-hybridized carbons (Fsp3) is 0.444. The molecule has 6 nitrogen and oxygen atoms in total. The summed E-state index contributed by atoms with van der Waals surface area (Å²) in [6.07, 6.45) is 5.22. The van der Waals surface area contributed by atoms with Gasteiger partial charge in [-0.2, -0.15) is 0 Å². The molecule has 1 N–H and O–H groups in total. The van der Waals surface area contributed by atoms with E-state index in [1.165, 1.54) is 6.07 Å². The number of aromatic amines is 1. The third-order valence-corrected chi connectivity index (χ3v) is 5.05. The molecule has 1 aliphatic carbocycles. The molecule has 3 atom stereocenters. The van der Waals surface area contributed by atoms with Gasteiger partial charge in [-0.1, -0.05) is 6.92 Å². The van der Waals surface area contributed by atoms with Crippen LogP contribution in [0.2, 0.25) is 0 Å². The summed E-state index contributed by atoms with van der Waals surface area (Å²) in [5, 5.41) is 0. The molecule has 1 saturated carbocycles. The Morgan fingerprint density at radius 1 is 1.33 bits per heavy atom. The standard InChI is InChI=1S/C18H20N4O2/c1-11-8-14(11)18(24)22-7-4-13(10-22)17-20-15(9-16(23)21-17)12-2-5-19-6-3-12/h2-3,5-6,9,11,13-14H,4,7-8,10H2,1H3,(H,20,21,23)/t11-,13+,14-/m1/s1. The van der Waals surface area contributed by atoms with Gasteiger partial charge in [-0.15, -0.1) is 0 Å². The number of nitrogens with one attached hydrogen (secondary N) is 1. The normalized spacial score (nSPS) is 25.7. The van der Waals surface area contributed by atoms with Crippen LogP contribution in [0.1, 0.15) is 31.5 Å². The largest absolute Gasteiger partial charge is 0.342 e. The Balaban J connectivity index is 1.56. The molecule has 0 unspecified atom stereocenters. The maximum Gasteiger partial charge on any atom is 0.251 e. The van der Waals surface area contributed by atoms with Crippen molar-refractivity contribution in [2.24, 2.45) is 11.8 Å². The topological polar surface area (TPSA) is 79.0 Å². The molecule has 1 saturated heterocycles. The molecule has 124 valence electrons. The van der Waals surface area contributed by atoms with E-state index in [9.17, 15) is 9.59 Å². The number of pyridine rings is 1. The summed E-state index contributed by atoms with van der Waals surface area (Å²) < 4.78 is 0. The van der Waals surface area contributed by atoms with Crippen molar-refractivity contribution < 1.29 is 4.79 Å². The van der Waals surface area contributed by atoms with Gasteiger partial charge in [0.2, 0.25) is 5.91 Å². The van der Waals surface area contributed by atoms with Crippen LogP contribution < -0.4 is 5.56 Å². The molecule has 24 heavy (non-hydrogen) atoms. The van der Waals surface area contributed by atoms with E-state index in [1.807, 2.05) is 17.0 Å². The van der Waals surface area contributed by atoms with Crippen LogP contribution in [0.25, 0.3) is 11.3 Å². The molecular weight excluding hydrogens is 304 g/mol. The summed E-state index contributed by atoms with van der Waals surface area (Å²) >= 11 is 0. The third kappa shape index (κ3) is 2.84. The fourth-order valence-electron chi connectivity index (χ4n) is 3.42. The smallest absolute Gasteiger partial charge is 0.251 e. The maximum absolute atomic E-state index is 12.4. The van der Waals surface area contributed by atoms with Gasteiger partial charge < -0.3 is 9.88 Å². The molecule has 4 rings (SSSR count). The molecule has 0 aromatic carbocycles. The number of likely N-dealkylation sites (tertiary alicyclic amines) is 1. The van der Waals surface area contributed by atoms with E-state index in [-0.39, 0.29) is 23.3 Å². The van der Waals surface area contributed by atoms with Gasteiger partial charge in [-0.05, 0) is 30.9 Å². The Bertz CT molecular complexity index is 817. The second kappa shape index (κ2) is 5.85. The van der Waals surface area contributed by atoms with E-state index in [0.29, 0.717) is 24.0 Å². The molecule has 0 spiro atoms. The van der Waals surface area contributed by atoms with Crippen LogP contribution in [0.4, 0.5) is 0 Å². The molecule has 6 heteroatoms. The van der Waals surface area contributed by atoms with Crippen molar-refractivity contribution in [3.63, 3.8) is 0 Å². The van der Waals surface area contributed by atoms with E-state index in [0.717, 1.165) is 24.9 Å². The average Bonchev–Trinajstić information content (AvgIpc) is 3.12. The average molecular weight is 324 g/mol. The Kier molecular flexibility index (Phi) is 3.67. The van der Waals surface area contributed by atoms with E-state index in [2.05, 4.69) is 21.9 Å². The van der Waals surface area contributed by atoms with Crippen molar-refractivity contribution in [3.8, 4) is 11.3 Å². The van der Waals surface area contributed by atoms with Crippen molar-refractivity contribution >= 4 is 5.91 Å². The summed E-state index contributed by atoms with van der Waals surface area (Å²) in [6.45, 7) is 3.51. The highest BCUT2D eigenvalue weighted by atomic mass is 16.2. The number of hydrogen-bond donors (Lipinski definition) is 1. The zero-order valence-corrected chi connectivity index (χ0v) is 13.6. The minimum atomic E-state index is -0.160. The van der Waals surface area contributed by atoms with Crippen molar-refractivity contribution in [3.05, 3.63) is 46.8 Å². The van der Waals surface area contributed by atoms with Crippen LogP contribution in [0.5, 0.6) is 0 Å². The van der Waals surface area contributed by atoms with Crippen molar-refractivity contribution in [2.75, 3.05) is 13.1 Å². The minimum Gasteiger partial charge on any atom is -0.342 e. The van der Waals surface area contributed by atoms with Gasteiger partial charge in [0.25, 0.3) is 5.56 Å². The fourth-order valence-corrected chi connectivity index (χ4v) is 3.42. The Labute approximate surface area is 140 Å². The summed E-state index contributed by atoms with van der Waals surface area (Å²) in [5.41, 5.74) is 1.36. The molecular formula is C18H20N4O2. The highest BCUT2D eigenvalue weighted by Crippen LogP contribution is 2.40. The molecule has 0 radical (unpaired) electrons. The van der Waals surface area contributed by atoms with E-state index in [1.54, 1.807) is 12.4 Å². The molecule has 3 heterocycles. The zero-order valence-electron chi connectivity index (χ0n) is 13.6. The van der Waals surface area contributed by atoms with Crippen LogP contribution >= 0.6 is 0 Å². The number of hydrogen-bond acceptors (Lipinski definition) is 4. The second-order valence-electron chi connectivity index (χ2n) is 6.84. The number of carbonyl (C=O) groups excluding carboxylic acids is 1. The van der Waals surface area contributed by atoms with Crippen molar-refractivity contribution in [2.45, 2.75) is 25.7 Å². The quantitative estimate of drug-likeness (QED) is 0.934. The van der Waals surface area contributed by atoms with Crippen LogP contribution in [0.15, 0.2) is 35.4 Å². The summed E-state index contributed by atoms with van der Waals surface area (Å²) in [4.78, 5) is 37.8. The van der Waals surface area contributed by atoms with Crippen LogP contribution in [0.3, 0.4) is 0 Å². The molecule has 2 aromatic rings. The summed E-state index contributed by atoms with van der Waals surface area (Å²) in [6, 6.07) is 5.18. The van der Waals surface area contributed by atoms with Crippen molar-refractivity contribution in [1.29, 1.82) is 0 Å². The molecule has 1 amide bonds. The van der Waals surface area contributed by atoms with Gasteiger partial charge >= 0.3 is 0 Å². The number of amides is 1. The lowest BCUT2D eigenvalue weighted by molar-refractivity contribution is -0.131. The first-order valence-electron chi connectivity index (χ1n) is 8.42. The zero-order chi connectivity index (χ0) is 16.7. The van der Waals surface area contributed by atoms with Crippen molar-refractivity contribution in [1.82, 2.24) is 19.9 Å². The van der Waals surface area contributed by atoms with Gasteiger partial charge in [-0.25, -0.2) is 4.98 Å². The predicted octanol–water partition coefficient (Wildman–Crippen LogP) is 1.80. The lowest BCUT2D eigenvalue weighted by atomic mass is 10.1. The second-order valence-corrected chi connectivity index (χ2v) is 6.84. The number of rotatable bonds is 3. The van der Waals surface area contributed by atoms with E-state index >= 15 is 0 Å². The monoisotopic (exact) mass is 324 g/mol. The summed E-state index contributed by atoms with van der Waals surface area (Å²) in [7, 11) is 0. The molecule has 2 aliphatic rings. The van der Waals surface area contributed by atoms with Gasteiger partial charge in [0.15, 0.2) is 0 Å². The van der Waals surface area contributed by atoms with E-state index < -0.39 is 0 Å². The van der Waals surface area contributed by atoms with Crippen LogP contribution in [-0.4, -0.2) is 38.8 Å². The van der Waals surface area contributed by atoms with Gasteiger partial charge in [0.1, 0.15) is 5.82 Å². The van der Waals surface area contributed by atoms with Gasteiger partial charge in [-0.3, -0.25) is 14.6 Å². The Morgan fingerprint density at radius 3 is 2.79 bits per heavy atom. The highest BCUT2D eigenvalue weighted by Gasteiger charge is 2.43. The predicted molar refractivity (Wildman–Crippen MR) is 89.3 cm³/mol. The first kappa shape index (κ1) is 15.1. The van der Waals surface area contributed by atoms with Crippen LogP contribution in [0, 0.1) is 11.8 Å². The lowest BCUT2D eigenvalue weighted by Crippen LogP contribution is -2.30. The first-order chi connectivity index (χ1) is 11.6. The first-order valence-corrected chi connectivity index (χ1v) is 8.42. The summed E-state index contributed by atoms with van der Waals surface area (Å²) in [5.74, 6) is 1.76. The number of aromatic nitrogens is 3.